The van der Waals surface area contributed by atoms with Crippen LogP contribution in [0.15, 0.2) is 66.9 Å². The number of hydrogen-bond donors (Lipinski definition) is 5. The van der Waals surface area contributed by atoms with Gasteiger partial charge in [-0.05, 0) is 54.9 Å². The number of carbonyl (C=O) groups is 6. The van der Waals surface area contributed by atoms with E-state index in [0.29, 0.717) is 17.1 Å². The van der Waals surface area contributed by atoms with Gasteiger partial charge in [-0.1, -0.05) is 51.1 Å². The van der Waals surface area contributed by atoms with Crippen molar-refractivity contribution in [2.75, 3.05) is 26.2 Å². The summed E-state index contributed by atoms with van der Waals surface area (Å²) in [6, 6.07) is 9.17. The topological polar surface area (TPSA) is 217 Å². The molecule has 2 aromatic carbocycles. The molecule has 0 saturated heterocycles. The molecule has 300 valence electrons. The molecule has 1 aliphatic heterocycles. The predicted octanol–water partition coefficient (Wildman–Crippen LogP) is 2.28. The van der Waals surface area contributed by atoms with Crippen molar-refractivity contribution in [3.63, 3.8) is 0 Å². The molecular formula is C39H47F2N7O8. The molecule has 3 aromatic rings. The first-order valence-electron chi connectivity index (χ1n) is 18.1. The number of carbonyl (C=O) groups excluding carboxylic acids is 5. The fourth-order valence-electron chi connectivity index (χ4n) is 6.31. The third kappa shape index (κ3) is 11.4. The molecule has 6 N–H and O–H groups in total. The highest BCUT2D eigenvalue weighted by molar-refractivity contribution is 6.14. The summed E-state index contributed by atoms with van der Waals surface area (Å²) in [6.07, 6.45) is 4.19. The number of carboxylic acid groups (broad SMARTS) is 1. The quantitative estimate of drug-likeness (QED) is 0.0884. The number of aliphatic carboxylic acids is 1. The van der Waals surface area contributed by atoms with Crippen LogP contribution in [0.3, 0.4) is 0 Å². The monoisotopic (exact) mass is 779 g/mol. The Labute approximate surface area is 322 Å². The minimum Gasteiger partial charge on any atom is -0.480 e. The van der Waals surface area contributed by atoms with E-state index in [1.807, 2.05) is 51.1 Å². The zero-order valence-corrected chi connectivity index (χ0v) is 31.4. The van der Waals surface area contributed by atoms with Gasteiger partial charge in [-0.3, -0.25) is 28.9 Å². The number of rotatable bonds is 19. The van der Waals surface area contributed by atoms with E-state index in [1.54, 1.807) is 10.8 Å². The van der Waals surface area contributed by atoms with Crippen LogP contribution in [0.25, 0.3) is 11.3 Å². The summed E-state index contributed by atoms with van der Waals surface area (Å²) in [5, 5.41) is 24.6. The fraction of sp³-hybridized carbons (Fsp3) is 0.410. The van der Waals surface area contributed by atoms with E-state index in [-0.39, 0.29) is 50.2 Å². The summed E-state index contributed by atoms with van der Waals surface area (Å²) < 4.78 is 31.0. The van der Waals surface area contributed by atoms with Crippen LogP contribution < -0.4 is 16.4 Å². The standard InChI is InChI=1S/C39H47F2N7O8/c1-39(2,3)35(36-45-30(26-19-25(40)12-13-27(26)41)21-46(36)20-24-9-5-4-6-10-24)47(34(53)23-49)18-16-28(42)37(54)43-17-8-7-11-29(38(55)56)44-31(50)22-48-32(51)14-15-33(48)52/h4-6,9-10,12-15,19,21,28-29,35,49H,7-8,11,16-18,20,22-23,42H2,1-3H3,(H,43,54)(H,44,50)(H,55,56)/t28-,29-,35-/m0/s1. The Morgan fingerprint density at radius 2 is 1.66 bits per heavy atom. The number of benzene rings is 2. The van der Waals surface area contributed by atoms with Gasteiger partial charge in [-0.25, -0.2) is 18.6 Å². The number of carboxylic acids is 1. The summed E-state index contributed by atoms with van der Waals surface area (Å²) in [5.41, 5.74) is 6.46. The van der Waals surface area contributed by atoms with Gasteiger partial charge in [0.1, 0.15) is 36.7 Å². The first kappa shape index (κ1) is 42.9. The van der Waals surface area contributed by atoms with E-state index in [9.17, 15) is 47.8 Å². The lowest BCUT2D eigenvalue weighted by Crippen LogP contribution is -2.48. The van der Waals surface area contributed by atoms with Crippen LogP contribution in [0.2, 0.25) is 0 Å². The lowest BCUT2D eigenvalue weighted by atomic mass is 9.84. The second-order valence-electron chi connectivity index (χ2n) is 14.5. The molecule has 0 unspecified atom stereocenters. The molecular weight excluding hydrogens is 732 g/mol. The number of aromatic nitrogens is 2. The van der Waals surface area contributed by atoms with E-state index in [2.05, 4.69) is 10.6 Å². The van der Waals surface area contributed by atoms with Gasteiger partial charge in [-0.2, -0.15) is 0 Å². The van der Waals surface area contributed by atoms with Gasteiger partial charge in [-0.15, -0.1) is 0 Å². The van der Waals surface area contributed by atoms with Crippen LogP contribution >= 0.6 is 0 Å². The highest BCUT2D eigenvalue weighted by Gasteiger charge is 2.39. The second-order valence-corrected chi connectivity index (χ2v) is 14.5. The van der Waals surface area contributed by atoms with Crippen LogP contribution in [0.5, 0.6) is 0 Å². The third-order valence-electron chi connectivity index (χ3n) is 9.11. The average molecular weight is 780 g/mol. The van der Waals surface area contributed by atoms with Gasteiger partial charge in [0, 0.05) is 43.5 Å². The molecule has 0 bridgehead atoms. The summed E-state index contributed by atoms with van der Waals surface area (Å²) >= 11 is 0. The van der Waals surface area contributed by atoms with Crippen LogP contribution in [-0.2, 0) is 35.3 Å². The van der Waals surface area contributed by atoms with Crippen molar-refractivity contribution in [2.24, 2.45) is 11.1 Å². The zero-order valence-electron chi connectivity index (χ0n) is 31.4. The van der Waals surface area contributed by atoms with Gasteiger partial charge >= 0.3 is 5.97 Å². The second kappa shape index (κ2) is 19.2. The predicted molar refractivity (Wildman–Crippen MR) is 199 cm³/mol. The van der Waals surface area contributed by atoms with Gasteiger partial charge in [0.05, 0.1) is 17.8 Å². The Bertz CT molecular complexity index is 1930. The van der Waals surface area contributed by atoms with Crippen LogP contribution in [0.1, 0.15) is 63.9 Å². The molecule has 0 saturated carbocycles. The maximum Gasteiger partial charge on any atom is 0.326 e. The lowest BCUT2D eigenvalue weighted by Gasteiger charge is -2.40. The number of aliphatic hydroxyl groups excluding tert-OH is 1. The maximum atomic E-state index is 15.0. The zero-order chi connectivity index (χ0) is 41.2. The average Bonchev–Trinajstić information content (AvgIpc) is 3.70. The number of unbranched alkanes of at least 4 members (excludes halogenated alkanes) is 1. The van der Waals surface area contributed by atoms with E-state index >= 15 is 0 Å². The number of nitrogens with one attached hydrogen (secondary N) is 2. The molecule has 5 amide bonds. The number of nitrogens with two attached hydrogens (primary N) is 1. The van der Waals surface area contributed by atoms with Gasteiger partial charge in [0.25, 0.3) is 11.8 Å². The number of halogens is 2. The fourth-order valence-corrected chi connectivity index (χ4v) is 6.31. The molecule has 3 atom stereocenters. The summed E-state index contributed by atoms with van der Waals surface area (Å²) in [5.74, 6) is -5.68. The normalized spacial score (nSPS) is 14.4. The van der Waals surface area contributed by atoms with Gasteiger partial charge < -0.3 is 36.0 Å². The number of nitrogens with zero attached hydrogens (tertiary/aromatic N) is 4. The van der Waals surface area contributed by atoms with Crippen molar-refractivity contribution in [1.82, 2.24) is 30.0 Å². The number of hydrogen-bond acceptors (Lipinski definition) is 9. The Morgan fingerprint density at radius 1 is 0.982 bits per heavy atom. The number of aliphatic hydroxyl groups is 1. The van der Waals surface area contributed by atoms with Crippen LogP contribution in [0.4, 0.5) is 8.78 Å². The van der Waals surface area contributed by atoms with Crippen molar-refractivity contribution >= 4 is 35.5 Å². The Balaban J connectivity index is 1.42. The molecule has 0 radical (unpaired) electrons. The first-order valence-corrected chi connectivity index (χ1v) is 18.1. The molecule has 0 spiro atoms. The van der Waals surface area contributed by atoms with Crippen molar-refractivity contribution in [1.29, 1.82) is 0 Å². The van der Waals surface area contributed by atoms with Crippen molar-refractivity contribution in [3.05, 3.63) is 89.9 Å². The maximum absolute atomic E-state index is 15.0. The Hall–Kier alpha value is -5.81. The van der Waals surface area contributed by atoms with Crippen molar-refractivity contribution < 1.29 is 47.8 Å². The highest BCUT2D eigenvalue weighted by Crippen LogP contribution is 2.39. The largest absolute Gasteiger partial charge is 0.480 e. The van der Waals surface area contributed by atoms with Crippen LogP contribution in [0, 0.1) is 17.0 Å². The molecule has 1 aromatic heterocycles. The summed E-state index contributed by atoms with van der Waals surface area (Å²) in [6.45, 7) is 4.42. The molecule has 4 rings (SSSR count). The Morgan fingerprint density at radius 3 is 2.29 bits per heavy atom. The van der Waals surface area contributed by atoms with Crippen LogP contribution in [-0.4, -0.2) is 103 Å². The minimum atomic E-state index is -1.31. The van der Waals surface area contributed by atoms with Gasteiger partial charge in [0.15, 0.2) is 0 Å². The summed E-state index contributed by atoms with van der Waals surface area (Å²) in [4.78, 5) is 80.6. The summed E-state index contributed by atoms with van der Waals surface area (Å²) in [7, 11) is 0. The van der Waals surface area contributed by atoms with E-state index in [1.165, 1.54) is 4.90 Å². The number of imide groups is 1. The van der Waals surface area contributed by atoms with Crippen molar-refractivity contribution in [2.45, 2.75) is 71.1 Å². The molecule has 56 heavy (non-hydrogen) atoms. The molecule has 0 fully saturated rings. The molecule has 17 heteroatoms. The van der Waals surface area contributed by atoms with E-state index in [0.717, 1.165) is 35.9 Å². The molecule has 1 aliphatic rings. The minimum absolute atomic E-state index is 0.00314. The third-order valence-corrected chi connectivity index (χ3v) is 9.11. The Kier molecular flexibility index (Phi) is 14.7. The molecule has 0 aliphatic carbocycles. The SMILES string of the molecule is CC(C)(C)[C@H](c1nc(-c2cc(F)ccc2F)cn1Cc1ccccc1)N(CC[C@H](N)C(=O)NCCCC[C@H](NC(=O)CN1C(=O)C=CC1=O)C(=O)O)C(=O)CO. The van der Waals surface area contributed by atoms with Gasteiger partial charge in [0.2, 0.25) is 17.7 Å². The van der Waals surface area contributed by atoms with Crippen molar-refractivity contribution in [3.8, 4) is 11.3 Å². The number of imidazole rings is 1. The lowest BCUT2D eigenvalue weighted by molar-refractivity contribution is -0.144. The smallest absolute Gasteiger partial charge is 0.326 e. The first-order chi connectivity index (χ1) is 26.5. The highest BCUT2D eigenvalue weighted by atomic mass is 19.1. The molecule has 15 nitrogen and oxygen atoms in total. The van der Waals surface area contributed by atoms with E-state index in [4.69, 9.17) is 10.7 Å². The van der Waals surface area contributed by atoms with E-state index < -0.39 is 83.8 Å². The number of amides is 5. The molecule has 2 heterocycles.